The Kier molecular flexibility index (Phi) is 21.5. The van der Waals surface area contributed by atoms with Gasteiger partial charge in [0.1, 0.15) is 12.1 Å². The molecule has 0 saturated carbocycles. The molecule has 0 radical (unpaired) electrons. The van der Waals surface area contributed by atoms with Crippen LogP contribution >= 0.6 is 0 Å². The molecule has 9 rings (SSSR count). The number of benzene rings is 7. The first-order valence-corrected chi connectivity index (χ1v) is 28.9. The number of carbonyl (C=O) groups excluding carboxylic acids is 6. The summed E-state index contributed by atoms with van der Waals surface area (Å²) in [4.78, 5) is 90.1. The Balaban J connectivity index is 0.00000416. The number of nitrogens with zero attached hydrogens (tertiary/aromatic N) is 2. The first-order valence-electron chi connectivity index (χ1n) is 28.9. The summed E-state index contributed by atoms with van der Waals surface area (Å²) in [5.74, 6) is -4.19. The first kappa shape index (κ1) is 57.9. The molecule has 2 N–H and O–H groups in total. The van der Waals surface area contributed by atoms with Gasteiger partial charge in [0.05, 0.1) is 0 Å². The Hall–Kier alpha value is -8.24. The molecule has 0 bridgehead atoms. The zero-order chi connectivity index (χ0) is 56.1. The summed E-state index contributed by atoms with van der Waals surface area (Å²) in [6.45, 7) is 4.09. The Morgan fingerprint density at radius 3 is 0.988 bits per heavy atom. The number of nitrogens with one attached hydrogen (secondary N) is 2. The van der Waals surface area contributed by atoms with E-state index in [0.717, 1.165) is 99.3 Å². The van der Waals surface area contributed by atoms with E-state index in [2.05, 4.69) is 59.2 Å². The molecule has 412 valence electrons. The number of carbonyl (C=O) groups is 6. The lowest BCUT2D eigenvalue weighted by Crippen LogP contribution is -2.56. The molecule has 7 aromatic carbocycles. The van der Waals surface area contributed by atoms with Crippen LogP contribution in [-0.4, -0.2) is 69.2 Å². The van der Waals surface area contributed by atoms with Crippen LogP contribution in [0.1, 0.15) is 130 Å². The summed E-state index contributed by atoms with van der Waals surface area (Å²) >= 11 is 0. The molecule has 10 heteroatoms. The lowest BCUT2D eigenvalue weighted by molar-refractivity contribution is -0.138. The van der Waals surface area contributed by atoms with E-state index in [1.807, 2.05) is 135 Å². The molecule has 80 heavy (non-hydrogen) atoms. The molecule has 2 aliphatic heterocycles. The second-order valence-corrected chi connectivity index (χ2v) is 21.0. The molecule has 4 amide bonds. The van der Waals surface area contributed by atoms with Gasteiger partial charge in [-0.2, -0.15) is 0 Å². The Morgan fingerprint density at radius 2 is 0.675 bits per heavy atom. The number of amides is 4. The maximum atomic E-state index is 14.6. The van der Waals surface area contributed by atoms with Gasteiger partial charge in [0, 0.05) is 49.1 Å². The van der Waals surface area contributed by atoms with Crippen LogP contribution in [0.3, 0.4) is 0 Å². The van der Waals surface area contributed by atoms with E-state index in [0.29, 0.717) is 0 Å². The standard InChI is InChI=1S/C68H70N4O6.C2H6/c73-63(67(77)71-47-57-36-15-13-34-53(57)45-61(71)65(75)69-59(40-17-30-49-22-5-1-6-23-49)41-18-31-50-24-7-2-8-25-50)55-38-21-39-56(44-55)64(74)68(78)72-48-58-37-16-14-35-54(58)46-62(72)66(76)70-60(42-19-32-51-26-9-3-10-27-51)43-20-33-52-28-11-4-12-29-52;1-2/h1-16,21-29,34-39,44,59-62H,17-20,30-33,40-43,45-48H2,(H,69,75)(H,70,76);1-2H3/t61-,62?;/m0./s1. The van der Waals surface area contributed by atoms with E-state index in [1.54, 1.807) is 0 Å². The molecule has 0 aromatic heterocycles. The zero-order valence-electron chi connectivity index (χ0n) is 46.4. The number of hydrogen-bond acceptors (Lipinski definition) is 6. The molecule has 2 aliphatic rings. The molecule has 10 nitrogen and oxygen atoms in total. The average molecular weight is 1070 g/mol. The average Bonchev–Trinajstić information content (AvgIpc) is 3.53. The van der Waals surface area contributed by atoms with E-state index in [-0.39, 0.29) is 61.0 Å². The smallest absolute Gasteiger partial charge is 0.295 e. The molecule has 0 aliphatic carbocycles. The molecule has 2 heterocycles. The summed E-state index contributed by atoms with van der Waals surface area (Å²) in [5.41, 5.74) is 8.29. The summed E-state index contributed by atoms with van der Waals surface area (Å²) in [6.07, 6.45) is 10.3. The SMILES string of the molecule is CC.O=C(C(=O)N1Cc2ccccc2CC1C(=O)NC(CCCc1ccccc1)CCCc1ccccc1)c1cccc(C(=O)C(=O)N2Cc3ccccc3C[C@H]2C(=O)NC(CCCc2ccccc2)CCCc2ccccc2)c1. The highest BCUT2D eigenvalue weighted by molar-refractivity contribution is 6.45. The summed E-state index contributed by atoms with van der Waals surface area (Å²) < 4.78 is 0. The van der Waals surface area contributed by atoms with Crippen molar-refractivity contribution < 1.29 is 28.8 Å². The van der Waals surface area contributed by atoms with E-state index < -0.39 is 35.5 Å². The molecular formula is C70H76N4O6. The first-order chi connectivity index (χ1) is 39.2. The fourth-order valence-corrected chi connectivity index (χ4v) is 11.2. The van der Waals surface area contributed by atoms with E-state index in [4.69, 9.17) is 0 Å². The van der Waals surface area contributed by atoms with Gasteiger partial charge in [0.25, 0.3) is 11.8 Å². The van der Waals surface area contributed by atoms with Crippen molar-refractivity contribution >= 4 is 35.2 Å². The minimum Gasteiger partial charge on any atom is -0.352 e. The van der Waals surface area contributed by atoms with Crippen LogP contribution in [-0.2, 0) is 70.8 Å². The predicted molar refractivity (Wildman–Crippen MR) is 317 cm³/mol. The number of rotatable bonds is 24. The maximum absolute atomic E-state index is 14.6. The van der Waals surface area contributed by atoms with Crippen LogP contribution in [0.4, 0.5) is 0 Å². The summed E-state index contributed by atoms with van der Waals surface area (Å²) in [5, 5.41) is 6.64. The van der Waals surface area contributed by atoms with Gasteiger partial charge >= 0.3 is 0 Å². The zero-order valence-corrected chi connectivity index (χ0v) is 46.4. The lowest BCUT2D eigenvalue weighted by Gasteiger charge is -2.36. The summed E-state index contributed by atoms with van der Waals surface area (Å²) in [6, 6.07) is 59.8. The minimum absolute atomic E-state index is 0.0451. The number of ketones is 2. The van der Waals surface area contributed by atoms with Gasteiger partial charge in [-0.15, -0.1) is 0 Å². The topological polar surface area (TPSA) is 133 Å². The van der Waals surface area contributed by atoms with Crippen LogP contribution in [0, 0.1) is 0 Å². The van der Waals surface area contributed by atoms with Crippen LogP contribution in [0.5, 0.6) is 0 Å². The number of Topliss-reactive ketones (excluding diaryl/α,β-unsaturated/α-hetero) is 2. The quantitative estimate of drug-likeness (QED) is 0.0457. The number of aryl methyl sites for hydroxylation is 4. The van der Waals surface area contributed by atoms with Crippen molar-refractivity contribution in [2.75, 3.05) is 0 Å². The highest BCUT2D eigenvalue weighted by atomic mass is 16.2. The Bertz CT molecular complexity index is 2850. The third-order valence-electron chi connectivity index (χ3n) is 15.5. The molecule has 0 spiro atoms. The largest absolute Gasteiger partial charge is 0.352 e. The van der Waals surface area contributed by atoms with Gasteiger partial charge < -0.3 is 20.4 Å². The molecule has 1 unspecified atom stereocenters. The fourth-order valence-electron chi connectivity index (χ4n) is 11.2. The highest BCUT2D eigenvalue weighted by Gasteiger charge is 2.40. The predicted octanol–water partition coefficient (Wildman–Crippen LogP) is 12.0. The molecule has 2 atom stereocenters. The van der Waals surface area contributed by atoms with E-state index >= 15 is 0 Å². The second-order valence-electron chi connectivity index (χ2n) is 21.0. The summed E-state index contributed by atoms with van der Waals surface area (Å²) in [7, 11) is 0. The van der Waals surface area contributed by atoms with Crippen molar-refractivity contribution in [1.82, 2.24) is 20.4 Å². The third kappa shape index (κ3) is 16.0. The van der Waals surface area contributed by atoms with Gasteiger partial charge in [-0.1, -0.05) is 202 Å². The minimum atomic E-state index is -0.967. The van der Waals surface area contributed by atoms with Crippen molar-refractivity contribution in [1.29, 1.82) is 0 Å². The lowest BCUT2D eigenvalue weighted by atomic mass is 9.91. The van der Waals surface area contributed by atoms with E-state index in [9.17, 15) is 28.8 Å². The number of hydrogen-bond donors (Lipinski definition) is 2. The van der Waals surface area contributed by atoms with Gasteiger partial charge in [0.2, 0.25) is 23.4 Å². The molecule has 7 aromatic rings. The van der Waals surface area contributed by atoms with Crippen molar-refractivity contribution in [3.63, 3.8) is 0 Å². The van der Waals surface area contributed by atoms with Crippen LogP contribution < -0.4 is 10.6 Å². The normalized spacial score (nSPS) is 14.5. The fraction of sp³-hybridized carbons (Fsp3) is 0.314. The highest BCUT2D eigenvalue weighted by Crippen LogP contribution is 2.28. The van der Waals surface area contributed by atoms with Crippen LogP contribution in [0.2, 0.25) is 0 Å². The van der Waals surface area contributed by atoms with Crippen molar-refractivity contribution in [3.8, 4) is 0 Å². The molecular weight excluding hydrogens is 993 g/mol. The Morgan fingerprint density at radius 1 is 0.388 bits per heavy atom. The maximum Gasteiger partial charge on any atom is 0.295 e. The van der Waals surface area contributed by atoms with Crippen LogP contribution in [0.25, 0.3) is 0 Å². The van der Waals surface area contributed by atoms with Gasteiger partial charge in [-0.3, -0.25) is 28.8 Å². The number of fused-ring (bicyclic) bond motifs is 2. The second kappa shape index (κ2) is 29.7. The van der Waals surface area contributed by atoms with E-state index in [1.165, 1.54) is 56.3 Å². The Labute approximate surface area is 473 Å². The van der Waals surface area contributed by atoms with Crippen molar-refractivity contribution in [3.05, 3.63) is 250 Å². The van der Waals surface area contributed by atoms with Crippen molar-refractivity contribution in [2.45, 2.75) is 141 Å². The van der Waals surface area contributed by atoms with Crippen molar-refractivity contribution in [2.24, 2.45) is 0 Å². The monoisotopic (exact) mass is 1070 g/mol. The third-order valence-corrected chi connectivity index (χ3v) is 15.5. The van der Waals surface area contributed by atoms with Gasteiger partial charge in [0.15, 0.2) is 0 Å². The molecule has 0 fully saturated rings. The molecule has 0 saturated heterocycles. The van der Waals surface area contributed by atoms with Gasteiger partial charge in [-0.25, -0.2) is 0 Å². The van der Waals surface area contributed by atoms with Gasteiger partial charge in [-0.05, 0) is 128 Å². The van der Waals surface area contributed by atoms with Crippen LogP contribution in [0.15, 0.2) is 194 Å².